The van der Waals surface area contributed by atoms with Gasteiger partial charge in [-0.3, -0.25) is 13.9 Å². The predicted molar refractivity (Wildman–Crippen MR) is 158 cm³/mol. The number of benzene rings is 3. The van der Waals surface area contributed by atoms with Crippen molar-refractivity contribution in [1.82, 2.24) is 10.2 Å². The van der Waals surface area contributed by atoms with E-state index in [0.717, 1.165) is 16.3 Å². The maximum Gasteiger partial charge on any atom is 0.264 e. The van der Waals surface area contributed by atoms with Crippen LogP contribution in [0.3, 0.4) is 0 Å². The number of carbonyl (C=O) groups excluding carboxylic acids is 2. The summed E-state index contributed by atoms with van der Waals surface area (Å²) in [6, 6.07) is 18.9. The number of aryl methyl sites for hydroxylation is 1. The third-order valence-electron chi connectivity index (χ3n) is 6.66. The minimum Gasteiger partial charge on any atom is -0.497 e. The zero-order valence-electron chi connectivity index (χ0n) is 23.4. The molecule has 40 heavy (non-hydrogen) atoms. The Hall–Kier alpha value is -3.56. The lowest BCUT2D eigenvalue weighted by molar-refractivity contribution is -0.139. The second-order valence-corrected chi connectivity index (χ2v) is 12.0. The maximum absolute atomic E-state index is 14.0. The van der Waals surface area contributed by atoms with E-state index in [1.54, 1.807) is 67.6 Å². The highest BCUT2D eigenvalue weighted by atomic mass is 35.5. The zero-order valence-corrected chi connectivity index (χ0v) is 25.0. The molecule has 214 valence electrons. The Kier molecular flexibility index (Phi) is 10.6. The van der Waals surface area contributed by atoms with Crippen molar-refractivity contribution in [3.8, 4) is 5.75 Å². The van der Waals surface area contributed by atoms with Crippen LogP contribution in [-0.4, -0.2) is 50.9 Å². The van der Waals surface area contributed by atoms with Crippen LogP contribution >= 0.6 is 11.6 Å². The van der Waals surface area contributed by atoms with Gasteiger partial charge in [-0.1, -0.05) is 48.4 Å². The molecule has 3 aromatic rings. The monoisotopic (exact) mass is 585 g/mol. The molecule has 0 heterocycles. The van der Waals surface area contributed by atoms with E-state index in [2.05, 4.69) is 5.32 Å². The van der Waals surface area contributed by atoms with Gasteiger partial charge in [0.1, 0.15) is 18.3 Å². The van der Waals surface area contributed by atoms with E-state index in [1.807, 2.05) is 20.8 Å². The third-order valence-corrected chi connectivity index (χ3v) is 8.68. The third kappa shape index (κ3) is 7.76. The lowest BCUT2D eigenvalue weighted by Crippen LogP contribution is -2.52. The molecule has 0 aromatic heterocycles. The number of anilines is 1. The molecule has 3 rings (SSSR count). The molecule has 0 spiro atoms. The normalized spacial score (nSPS) is 12.8. The molecule has 0 fully saturated rings. The summed E-state index contributed by atoms with van der Waals surface area (Å²) >= 11 is 6.18. The number of carbonyl (C=O) groups is 2. The van der Waals surface area contributed by atoms with Gasteiger partial charge in [0.15, 0.2) is 0 Å². The Morgan fingerprint density at radius 2 is 1.65 bits per heavy atom. The fraction of sp³-hybridized carbons (Fsp3) is 0.333. The second-order valence-electron chi connectivity index (χ2n) is 9.67. The van der Waals surface area contributed by atoms with E-state index in [-0.39, 0.29) is 29.1 Å². The molecule has 0 saturated carbocycles. The number of halogens is 1. The Bertz CT molecular complexity index is 1410. The van der Waals surface area contributed by atoms with Crippen molar-refractivity contribution in [2.24, 2.45) is 0 Å². The van der Waals surface area contributed by atoms with Crippen LogP contribution < -0.4 is 14.4 Å². The summed E-state index contributed by atoms with van der Waals surface area (Å²) in [5, 5.41) is 3.41. The first-order valence-corrected chi connectivity index (χ1v) is 14.9. The van der Waals surface area contributed by atoms with Crippen LogP contribution in [0.4, 0.5) is 5.69 Å². The van der Waals surface area contributed by atoms with Gasteiger partial charge in [-0.25, -0.2) is 8.42 Å². The van der Waals surface area contributed by atoms with Gasteiger partial charge in [-0.2, -0.15) is 0 Å². The van der Waals surface area contributed by atoms with E-state index in [9.17, 15) is 18.0 Å². The van der Waals surface area contributed by atoms with Crippen LogP contribution in [0.25, 0.3) is 0 Å². The van der Waals surface area contributed by atoms with Crippen LogP contribution in [0.15, 0.2) is 77.7 Å². The van der Waals surface area contributed by atoms with Crippen LogP contribution in [-0.2, 0) is 26.2 Å². The number of rotatable bonds is 12. The van der Waals surface area contributed by atoms with Gasteiger partial charge in [0.05, 0.1) is 17.7 Å². The highest BCUT2D eigenvalue weighted by Crippen LogP contribution is 2.27. The molecule has 1 N–H and O–H groups in total. The van der Waals surface area contributed by atoms with Crippen molar-refractivity contribution in [2.45, 2.75) is 57.6 Å². The standard InChI is InChI=1S/C30H36ClN3O5S/c1-6-22(3)32-30(36)23(4)33(19-24-8-7-9-25(31)18-24)29(35)20-34(26-12-14-27(39-5)15-13-26)40(37,38)28-16-10-21(2)11-17-28/h7-18,22-23H,6,19-20H2,1-5H3,(H,32,36)/t22-,23+/m1/s1. The Morgan fingerprint density at radius 3 is 2.23 bits per heavy atom. The first kappa shape index (κ1) is 31.0. The number of nitrogens with zero attached hydrogens (tertiary/aromatic N) is 2. The first-order chi connectivity index (χ1) is 19.0. The molecule has 8 nitrogen and oxygen atoms in total. The molecule has 2 amide bonds. The molecule has 0 saturated heterocycles. The molecular formula is C30H36ClN3O5S. The van der Waals surface area contributed by atoms with E-state index < -0.39 is 28.5 Å². The number of sulfonamides is 1. The van der Waals surface area contributed by atoms with Crippen molar-refractivity contribution < 1.29 is 22.7 Å². The van der Waals surface area contributed by atoms with Crippen molar-refractivity contribution >= 4 is 39.1 Å². The largest absolute Gasteiger partial charge is 0.497 e. The average molecular weight is 586 g/mol. The zero-order chi connectivity index (χ0) is 29.4. The van der Waals surface area contributed by atoms with Crippen LogP contribution in [0.5, 0.6) is 5.75 Å². The second kappa shape index (κ2) is 13.7. The summed E-state index contributed by atoms with van der Waals surface area (Å²) in [6.07, 6.45) is 0.723. The van der Waals surface area contributed by atoms with E-state index in [4.69, 9.17) is 16.3 Å². The molecule has 2 atom stereocenters. The van der Waals surface area contributed by atoms with Crippen molar-refractivity contribution in [2.75, 3.05) is 18.0 Å². The molecule has 3 aromatic carbocycles. The SMILES string of the molecule is CC[C@@H](C)NC(=O)[C@H](C)N(Cc1cccc(Cl)c1)C(=O)CN(c1ccc(OC)cc1)S(=O)(=O)c1ccc(C)cc1. The van der Waals surface area contributed by atoms with Crippen molar-refractivity contribution in [1.29, 1.82) is 0 Å². The van der Waals surface area contributed by atoms with Gasteiger partial charge in [-0.15, -0.1) is 0 Å². The molecule has 0 aliphatic heterocycles. The summed E-state index contributed by atoms with van der Waals surface area (Å²) < 4.78 is 34.0. The highest BCUT2D eigenvalue weighted by molar-refractivity contribution is 7.92. The number of nitrogens with one attached hydrogen (secondary N) is 1. The van der Waals surface area contributed by atoms with Crippen molar-refractivity contribution in [3.05, 3.63) is 88.9 Å². The lowest BCUT2D eigenvalue weighted by atomic mass is 10.1. The molecule has 0 unspecified atom stereocenters. The number of methoxy groups -OCH3 is 1. The molecule has 0 aliphatic rings. The van der Waals surface area contributed by atoms with Crippen molar-refractivity contribution in [3.63, 3.8) is 0 Å². The molecule has 0 radical (unpaired) electrons. The summed E-state index contributed by atoms with van der Waals surface area (Å²) in [7, 11) is -2.63. The highest BCUT2D eigenvalue weighted by Gasteiger charge is 2.32. The summed E-state index contributed by atoms with van der Waals surface area (Å²) in [4.78, 5) is 28.5. The van der Waals surface area contributed by atoms with E-state index in [0.29, 0.717) is 16.3 Å². The van der Waals surface area contributed by atoms with Crippen LogP contribution in [0.1, 0.15) is 38.3 Å². The smallest absolute Gasteiger partial charge is 0.264 e. The first-order valence-electron chi connectivity index (χ1n) is 13.0. The van der Waals surface area contributed by atoms with E-state index >= 15 is 0 Å². The van der Waals surface area contributed by atoms with Gasteiger partial charge in [0.25, 0.3) is 10.0 Å². The summed E-state index contributed by atoms with van der Waals surface area (Å²) in [6.45, 7) is 6.87. The fourth-order valence-electron chi connectivity index (χ4n) is 3.99. The van der Waals surface area contributed by atoms with Gasteiger partial charge in [0.2, 0.25) is 11.8 Å². The number of amides is 2. The van der Waals surface area contributed by atoms with Gasteiger partial charge >= 0.3 is 0 Å². The van der Waals surface area contributed by atoms with Crippen LogP contribution in [0, 0.1) is 6.92 Å². The van der Waals surface area contributed by atoms with Gasteiger partial charge in [0, 0.05) is 17.6 Å². The lowest BCUT2D eigenvalue weighted by Gasteiger charge is -2.32. The molecule has 10 heteroatoms. The van der Waals surface area contributed by atoms with Gasteiger partial charge in [-0.05, 0) is 81.3 Å². The quantitative estimate of drug-likeness (QED) is 0.316. The van der Waals surface area contributed by atoms with E-state index in [1.165, 1.54) is 24.1 Å². The number of hydrogen-bond donors (Lipinski definition) is 1. The maximum atomic E-state index is 14.0. The predicted octanol–water partition coefficient (Wildman–Crippen LogP) is 5.18. The minimum atomic E-state index is -4.14. The van der Waals surface area contributed by atoms with Crippen LogP contribution in [0.2, 0.25) is 5.02 Å². The Morgan fingerprint density at radius 1 is 1.00 bits per heavy atom. The topological polar surface area (TPSA) is 96.0 Å². The number of ether oxygens (including phenoxy) is 1. The summed E-state index contributed by atoms with van der Waals surface area (Å²) in [5.74, 6) is -0.332. The Labute approximate surface area is 241 Å². The minimum absolute atomic E-state index is 0.0469. The molecule has 0 aliphatic carbocycles. The van der Waals surface area contributed by atoms with Gasteiger partial charge < -0.3 is 15.0 Å². The molecule has 0 bridgehead atoms. The Balaban J connectivity index is 2.03. The fourth-order valence-corrected chi connectivity index (χ4v) is 5.62. The summed E-state index contributed by atoms with van der Waals surface area (Å²) in [5.41, 5.74) is 1.90. The number of hydrogen-bond acceptors (Lipinski definition) is 5. The molecular weight excluding hydrogens is 550 g/mol. The average Bonchev–Trinajstić information content (AvgIpc) is 2.94.